The van der Waals surface area contributed by atoms with E-state index in [2.05, 4.69) is 22.6 Å². The van der Waals surface area contributed by atoms with Crippen LogP contribution in [0.5, 0.6) is 5.75 Å². The van der Waals surface area contributed by atoms with Crippen LogP contribution in [0.1, 0.15) is 37.0 Å². The smallest absolute Gasteiger partial charge is 0.323 e. The van der Waals surface area contributed by atoms with Gasteiger partial charge in [0.05, 0.1) is 23.9 Å². The van der Waals surface area contributed by atoms with Gasteiger partial charge in [-0.25, -0.2) is 9.18 Å². The molecule has 1 aliphatic carbocycles. The second-order valence-corrected chi connectivity index (χ2v) is 10.1. The maximum Gasteiger partial charge on any atom is 0.323 e. The van der Waals surface area contributed by atoms with Crippen molar-refractivity contribution >= 4 is 23.3 Å². The molecule has 2 aromatic carbocycles. The van der Waals surface area contributed by atoms with Crippen LogP contribution in [0.15, 0.2) is 42.5 Å². The summed E-state index contributed by atoms with van der Waals surface area (Å²) >= 11 is 0. The van der Waals surface area contributed by atoms with E-state index in [0.717, 1.165) is 12.5 Å². The minimum absolute atomic E-state index is 0.0150. The first-order valence-corrected chi connectivity index (χ1v) is 12.5. The fraction of sp³-hybridized carbons (Fsp3) is 0.481. The van der Waals surface area contributed by atoms with Crippen molar-refractivity contribution in [2.75, 3.05) is 43.9 Å². The quantitative estimate of drug-likeness (QED) is 0.511. The number of anilines is 2. The van der Waals surface area contributed by atoms with Crippen molar-refractivity contribution in [3.8, 4) is 5.75 Å². The monoisotopic (exact) mass is 498 g/mol. The van der Waals surface area contributed by atoms with Crippen molar-refractivity contribution < 1.29 is 23.8 Å². The number of rotatable bonds is 8. The molecule has 1 heterocycles. The summed E-state index contributed by atoms with van der Waals surface area (Å²) in [5.74, 6) is 0.365. The molecular formula is C27H35FN4O4. The van der Waals surface area contributed by atoms with Crippen molar-refractivity contribution in [3.63, 3.8) is 0 Å². The summed E-state index contributed by atoms with van der Waals surface area (Å²) in [4.78, 5) is 30.2. The summed E-state index contributed by atoms with van der Waals surface area (Å²) < 4.78 is 19.7. The van der Waals surface area contributed by atoms with Gasteiger partial charge in [-0.1, -0.05) is 13.0 Å². The third-order valence-corrected chi connectivity index (χ3v) is 6.80. The number of nitrogens with zero attached hydrogens (tertiary/aromatic N) is 2. The van der Waals surface area contributed by atoms with Gasteiger partial charge in [0.1, 0.15) is 11.9 Å². The van der Waals surface area contributed by atoms with Gasteiger partial charge in [0, 0.05) is 31.2 Å². The van der Waals surface area contributed by atoms with Crippen molar-refractivity contribution in [2.24, 2.45) is 11.8 Å². The summed E-state index contributed by atoms with van der Waals surface area (Å²) in [6, 6.07) is 9.60. The van der Waals surface area contributed by atoms with Gasteiger partial charge in [-0.3, -0.25) is 4.79 Å². The third kappa shape index (κ3) is 6.33. The van der Waals surface area contributed by atoms with E-state index < -0.39 is 11.8 Å². The molecule has 3 amide bonds. The molecule has 0 bridgehead atoms. The van der Waals surface area contributed by atoms with Crippen LogP contribution in [0.3, 0.4) is 0 Å². The number of likely N-dealkylation sites (N-methyl/N-ethyl adjacent to an activating group) is 1. The van der Waals surface area contributed by atoms with Gasteiger partial charge >= 0.3 is 6.03 Å². The average molecular weight is 499 g/mol. The number of halogens is 1. The number of para-hydroxylation sites is 1. The van der Waals surface area contributed by atoms with Crippen LogP contribution in [0.25, 0.3) is 0 Å². The van der Waals surface area contributed by atoms with Gasteiger partial charge < -0.3 is 30.3 Å². The second kappa shape index (κ2) is 11.3. The Morgan fingerprint density at radius 1 is 1.19 bits per heavy atom. The Labute approximate surface area is 211 Å². The first kappa shape index (κ1) is 25.9. The summed E-state index contributed by atoms with van der Waals surface area (Å²) in [7, 11) is 2.08. The molecule has 2 aromatic rings. The van der Waals surface area contributed by atoms with E-state index in [0.29, 0.717) is 35.8 Å². The van der Waals surface area contributed by atoms with E-state index in [9.17, 15) is 19.1 Å². The van der Waals surface area contributed by atoms with Crippen LogP contribution < -0.4 is 15.4 Å². The number of ether oxygens (including phenoxy) is 1. The molecule has 9 heteroatoms. The van der Waals surface area contributed by atoms with Crippen molar-refractivity contribution in [2.45, 2.75) is 38.8 Å². The Bertz CT molecular complexity index is 1080. The molecule has 0 aromatic heterocycles. The molecule has 1 aliphatic heterocycles. The highest BCUT2D eigenvalue weighted by Gasteiger charge is 2.35. The molecule has 0 unspecified atom stereocenters. The lowest BCUT2D eigenvalue weighted by Crippen LogP contribution is -2.50. The van der Waals surface area contributed by atoms with E-state index in [1.165, 1.54) is 37.1 Å². The number of hydrogen-bond donors (Lipinski definition) is 3. The highest BCUT2D eigenvalue weighted by molar-refractivity contribution is 6.04. The number of aliphatic hydroxyl groups is 1. The maximum absolute atomic E-state index is 13.5. The van der Waals surface area contributed by atoms with Gasteiger partial charge in [0.25, 0.3) is 5.91 Å². The number of carbonyl (C=O) groups excluding carboxylic acids is 2. The van der Waals surface area contributed by atoms with E-state index in [-0.39, 0.29) is 30.6 Å². The number of benzene rings is 2. The van der Waals surface area contributed by atoms with Crippen LogP contribution in [0.2, 0.25) is 0 Å². The average Bonchev–Trinajstić information content (AvgIpc) is 3.66. The number of urea groups is 1. The van der Waals surface area contributed by atoms with Crippen LogP contribution in [0, 0.1) is 17.7 Å². The topological polar surface area (TPSA) is 94.1 Å². The summed E-state index contributed by atoms with van der Waals surface area (Å²) in [6.45, 7) is 5.82. The maximum atomic E-state index is 13.5. The molecule has 36 heavy (non-hydrogen) atoms. The van der Waals surface area contributed by atoms with Gasteiger partial charge in [-0.05, 0) is 69.1 Å². The number of hydrogen-bond acceptors (Lipinski definition) is 5. The molecule has 194 valence electrons. The van der Waals surface area contributed by atoms with E-state index in [1.54, 1.807) is 23.1 Å². The standard InChI is InChI=1S/C27H35FN4O4/c1-17-13-32(18(2)16-33)26(34)22-5-4-6-23(30-27(35)29-21-11-9-20(28)10-12-21)25(22)36-24(17)15-31(3)14-19-7-8-19/h4-6,9-12,17-19,24,33H,7-8,13-16H2,1-3H3,(H2,29,30,35)/t17-,18+,24+/m0/s1. The summed E-state index contributed by atoms with van der Waals surface area (Å²) in [5.41, 5.74) is 1.12. The zero-order valence-electron chi connectivity index (χ0n) is 21.0. The Morgan fingerprint density at radius 2 is 1.92 bits per heavy atom. The van der Waals surface area contributed by atoms with Gasteiger partial charge in [0.15, 0.2) is 5.75 Å². The predicted molar refractivity (Wildman–Crippen MR) is 137 cm³/mol. The first-order chi connectivity index (χ1) is 17.2. The Balaban J connectivity index is 1.62. The molecule has 1 saturated carbocycles. The Morgan fingerprint density at radius 3 is 2.58 bits per heavy atom. The van der Waals surface area contributed by atoms with Gasteiger partial charge in [0.2, 0.25) is 0 Å². The van der Waals surface area contributed by atoms with E-state index in [4.69, 9.17) is 4.74 Å². The zero-order chi connectivity index (χ0) is 25.8. The number of nitrogens with one attached hydrogen (secondary N) is 2. The number of carbonyl (C=O) groups is 2. The Kier molecular flexibility index (Phi) is 8.11. The highest BCUT2D eigenvalue weighted by Crippen LogP contribution is 2.35. The number of fused-ring (bicyclic) bond motifs is 1. The summed E-state index contributed by atoms with van der Waals surface area (Å²) in [5, 5.41) is 15.3. The number of aliphatic hydroxyl groups excluding tert-OH is 1. The van der Waals surface area contributed by atoms with Crippen molar-refractivity contribution in [1.29, 1.82) is 0 Å². The normalized spacial score (nSPS) is 20.7. The second-order valence-electron chi connectivity index (χ2n) is 10.1. The lowest BCUT2D eigenvalue weighted by molar-refractivity contribution is 0.0346. The molecule has 2 aliphatic rings. The van der Waals surface area contributed by atoms with E-state index in [1.807, 2.05) is 13.8 Å². The molecular weight excluding hydrogens is 463 g/mol. The van der Waals surface area contributed by atoms with E-state index >= 15 is 0 Å². The third-order valence-electron chi connectivity index (χ3n) is 6.80. The largest absolute Gasteiger partial charge is 0.486 e. The molecule has 3 N–H and O–H groups in total. The van der Waals surface area contributed by atoms with Crippen LogP contribution >= 0.6 is 0 Å². The SMILES string of the molecule is C[C@H](CO)N1C[C@H](C)[C@@H](CN(C)CC2CC2)Oc2c(NC(=O)Nc3ccc(F)cc3)cccc2C1=O. The fourth-order valence-electron chi connectivity index (χ4n) is 4.50. The summed E-state index contributed by atoms with van der Waals surface area (Å²) in [6.07, 6.45) is 2.26. The molecule has 0 spiro atoms. The fourth-order valence-corrected chi connectivity index (χ4v) is 4.50. The highest BCUT2D eigenvalue weighted by atomic mass is 19.1. The van der Waals surface area contributed by atoms with Crippen LogP contribution in [0.4, 0.5) is 20.6 Å². The zero-order valence-corrected chi connectivity index (χ0v) is 21.0. The van der Waals surface area contributed by atoms with Crippen LogP contribution in [-0.4, -0.2) is 72.3 Å². The van der Waals surface area contributed by atoms with Gasteiger partial charge in [-0.15, -0.1) is 0 Å². The van der Waals surface area contributed by atoms with Gasteiger partial charge in [-0.2, -0.15) is 0 Å². The molecule has 0 radical (unpaired) electrons. The molecule has 8 nitrogen and oxygen atoms in total. The Hall–Kier alpha value is -3.17. The minimum Gasteiger partial charge on any atom is -0.486 e. The van der Waals surface area contributed by atoms with Crippen molar-refractivity contribution in [3.05, 3.63) is 53.8 Å². The predicted octanol–water partition coefficient (Wildman–Crippen LogP) is 4.03. The number of amides is 3. The molecule has 0 saturated heterocycles. The molecule has 3 atom stereocenters. The molecule has 4 rings (SSSR count). The minimum atomic E-state index is -0.538. The van der Waals surface area contributed by atoms with Crippen LogP contribution in [-0.2, 0) is 0 Å². The van der Waals surface area contributed by atoms with Crippen molar-refractivity contribution in [1.82, 2.24) is 9.80 Å². The molecule has 1 fully saturated rings. The lowest BCUT2D eigenvalue weighted by atomic mass is 9.99. The lowest BCUT2D eigenvalue weighted by Gasteiger charge is -2.38. The first-order valence-electron chi connectivity index (χ1n) is 12.5.